The highest BCUT2D eigenvalue weighted by molar-refractivity contribution is 5.53. The lowest BCUT2D eigenvalue weighted by molar-refractivity contribution is -0.139. The summed E-state index contributed by atoms with van der Waals surface area (Å²) >= 11 is 0. The minimum Gasteiger partial charge on any atom is -0.378 e. The van der Waals surface area contributed by atoms with Gasteiger partial charge in [0.25, 0.3) is 0 Å². The van der Waals surface area contributed by atoms with Gasteiger partial charge >= 0.3 is 6.18 Å². The highest BCUT2D eigenvalue weighted by atomic mass is 19.4. The molecule has 1 aromatic rings. The first-order valence-electron chi connectivity index (χ1n) is 5.92. The maximum Gasteiger partial charge on any atom is 0.416 e. The molecule has 0 atom stereocenters. The molecule has 0 radical (unpaired) electrons. The number of rotatable bonds is 2. The molecule has 0 spiro atoms. The Morgan fingerprint density at radius 3 is 2.22 bits per heavy atom. The number of hydrogen-bond acceptors (Lipinski definition) is 2. The van der Waals surface area contributed by atoms with E-state index in [-0.39, 0.29) is 5.56 Å². The van der Waals surface area contributed by atoms with Crippen molar-refractivity contribution in [1.82, 2.24) is 0 Å². The third-order valence-electron chi connectivity index (χ3n) is 3.61. The van der Waals surface area contributed by atoms with Crippen LogP contribution in [-0.2, 0) is 11.7 Å². The molecule has 0 saturated heterocycles. The fourth-order valence-electron chi connectivity index (χ4n) is 2.30. The third-order valence-corrected chi connectivity index (χ3v) is 3.61. The van der Waals surface area contributed by atoms with Gasteiger partial charge in [-0.1, -0.05) is 0 Å². The van der Waals surface area contributed by atoms with Crippen LogP contribution in [0.25, 0.3) is 0 Å². The van der Waals surface area contributed by atoms with Crippen LogP contribution in [0.4, 0.5) is 18.9 Å². The number of anilines is 1. The molecule has 0 bridgehead atoms. The van der Waals surface area contributed by atoms with Crippen LogP contribution < -0.4 is 10.6 Å². The van der Waals surface area contributed by atoms with Gasteiger partial charge in [0.2, 0.25) is 0 Å². The highest BCUT2D eigenvalue weighted by Gasteiger charge is 2.43. The molecule has 5 heteroatoms. The van der Waals surface area contributed by atoms with Crippen molar-refractivity contribution >= 4 is 5.69 Å². The summed E-state index contributed by atoms with van der Waals surface area (Å²) in [5.41, 5.74) is 5.64. The summed E-state index contributed by atoms with van der Waals surface area (Å²) in [5, 5.41) is 0. The first kappa shape index (κ1) is 13.2. The predicted molar refractivity (Wildman–Crippen MR) is 65.5 cm³/mol. The lowest BCUT2D eigenvalue weighted by Gasteiger charge is -2.40. The summed E-state index contributed by atoms with van der Waals surface area (Å²) in [5.74, 6) is 0. The Labute approximate surface area is 105 Å². The zero-order valence-corrected chi connectivity index (χ0v) is 10.5. The van der Waals surface area contributed by atoms with E-state index in [0.717, 1.165) is 18.2 Å². The minimum absolute atomic E-state index is 0.229. The highest BCUT2D eigenvalue weighted by Crippen LogP contribution is 2.45. The maximum absolute atomic E-state index is 13.0. The topological polar surface area (TPSA) is 29.3 Å². The van der Waals surface area contributed by atoms with Gasteiger partial charge in [0.1, 0.15) is 0 Å². The molecular weight excluding hydrogens is 241 g/mol. The zero-order valence-electron chi connectivity index (χ0n) is 10.5. The second-order valence-electron chi connectivity index (χ2n) is 5.13. The Morgan fingerprint density at radius 1 is 1.22 bits per heavy atom. The fourth-order valence-corrected chi connectivity index (χ4v) is 2.30. The molecule has 0 amide bonds. The Morgan fingerprint density at radius 2 is 1.83 bits per heavy atom. The van der Waals surface area contributed by atoms with E-state index in [1.54, 1.807) is 25.1 Å². The largest absolute Gasteiger partial charge is 0.416 e. The number of nitrogens with zero attached hydrogens (tertiary/aromatic N) is 1. The molecule has 1 fully saturated rings. The van der Waals surface area contributed by atoms with Crippen molar-refractivity contribution < 1.29 is 13.2 Å². The van der Waals surface area contributed by atoms with Crippen molar-refractivity contribution in [3.05, 3.63) is 29.3 Å². The fraction of sp³-hybridized carbons (Fsp3) is 0.538. The molecule has 1 saturated carbocycles. The van der Waals surface area contributed by atoms with E-state index in [2.05, 4.69) is 0 Å². The zero-order chi connectivity index (χ0) is 13.6. The predicted octanol–water partition coefficient (Wildman–Crippen LogP) is 3.11. The SMILES string of the molecule is CN(C)c1ccc(C(F)(F)F)c(C2(N)CCC2)c1. The molecule has 18 heavy (non-hydrogen) atoms. The van der Waals surface area contributed by atoms with Gasteiger partial charge in [-0.2, -0.15) is 13.2 Å². The Bertz CT molecular complexity index is 448. The van der Waals surface area contributed by atoms with Crippen molar-refractivity contribution in [2.45, 2.75) is 31.0 Å². The third kappa shape index (κ3) is 2.19. The first-order chi connectivity index (χ1) is 8.24. The normalized spacial score (nSPS) is 18.3. The number of alkyl halides is 3. The standard InChI is InChI=1S/C13H17F3N2/c1-18(2)9-4-5-10(13(14,15)16)11(8-9)12(17)6-3-7-12/h4-5,8H,3,6-7,17H2,1-2H3. The average Bonchev–Trinajstić information content (AvgIpc) is 2.23. The average molecular weight is 258 g/mol. The molecule has 0 heterocycles. The number of benzene rings is 1. The summed E-state index contributed by atoms with van der Waals surface area (Å²) in [6.07, 6.45) is -2.22. The van der Waals surface area contributed by atoms with E-state index in [1.807, 2.05) is 0 Å². The van der Waals surface area contributed by atoms with Crippen LogP contribution in [-0.4, -0.2) is 14.1 Å². The van der Waals surface area contributed by atoms with Gasteiger partial charge in [0.05, 0.1) is 5.56 Å². The van der Waals surface area contributed by atoms with Crippen molar-refractivity contribution in [3.63, 3.8) is 0 Å². The Hall–Kier alpha value is -1.23. The lowest BCUT2D eigenvalue weighted by Crippen LogP contribution is -2.44. The molecule has 0 aromatic heterocycles. The van der Waals surface area contributed by atoms with E-state index in [4.69, 9.17) is 5.73 Å². The molecule has 1 aromatic carbocycles. The molecule has 100 valence electrons. The van der Waals surface area contributed by atoms with Crippen molar-refractivity contribution in [1.29, 1.82) is 0 Å². The van der Waals surface area contributed by atoms with E-state index >= 15 is 0 Å². The van der Waals surface area contributed by atoms with Crippen molar-refractivity contribution in [2.24, 2.45) is 5.73 Å². The Balaban J connectivity index is 2.54. The summed E-state index contributed by atoms with van der Waals surface area (Å²) in [4.78, 5) is 1.78. The lowest BCUT2D eigenvalue weighted by atomic mass is 9.71. The van der Waals surface area contributed by atoms with Gasteiger partial charge < -0.3 is 10.6 Å². The number of hydrogen-bond donors (Lipinski definition) is 1. The number of nitrogens with two attached hydrogens (primary N) is 1. The molecule has 1 aliphatic rings. The molecule has 2 N–H and O–H groups in total. The van der Waals surface area contributed by atoms with Gasteiger partial charge in [0, 0.05) is 25.3 Å². The second kappa shape index (κ2) is 4.16. The quantitative estimate of drug-likeness (QED) is 0.883. The van der Waals surface area contributed by atoms with Crippen LogP contribution in [0, 0.1) is 0 Å². The minimum atomic E-state index is -4.35. The Kier molecular flexibility index (Phi) is 3.05. The molecule has 2 nitrogen and oxygen atoms in total. The van der Waals surface area contributed by atoms with E-state index in [9.17, 15) is 13.2 Å². The molecule has 1 aliphatic carbocycles. The molecule has 0 unspecified atom stereocenters. The monoisotopic (exact) mass is 258 g/mol. The number of halogens is 3. The van der Waals surface area contributed by atoms with Crippen molar-refractivity contribution in [2.75, 3.05) is 19.0 Å². The summed E-state index contributed by atoms with van der Waals surface area (Å²) in [7, 11) is 3.60. The smallest absolute Gasteiger partial charge is 0.378 e. The van der Waals surface area contributed by atoms with E-state index in [1.165, 1.54) is 6.07 Å². The maximum atomic E-state index is 13.0. The summed E-state index contributed by atoms with van der Waals surface area (Å²) < 4.78 is 39.0. The molecule has 0 aliphatic heterocycles. The van der Waals surface area contributed by atoms with E-state index < -0.39 is 17.3 Å². The van der Waals surface area contributed by atoms with Gasteiger partial charge in [-0.05, 0) is 43.0 Å². The van der Waals surface area contributed by atoms with E-state index in [0.29, 0.717) is 12.8 Å². The second-order valence-corrected chi connectivity index (χ2v) is 5.13. The van der Waals surface area contributed by atoms with Crippen LogP contribution in [0.1, 0.15) is 30.4 Å². The first-order valence-corrected chi connectivity index (χ1v) is 5.92. The van der Waals surface area contributed by atoms with Gasteiger partial charge in [0.15, 0.2) is 0 Å². The van der Waals surface area contributed by atoms with Crippen LogP contribution in [0.15, 0.2) is 18.2 Å². The van der Waals surface area contributed by atoms with Gasteiger partial charge in [-0.15, -0.1) is 0 Å². The van der Waals surface area contributed by atoms with Gasteiger partial charge in [-0.3, -0.25) is 0 Å². The van der Waals surface area contributed by atoms with Gasteiger partial charge in [-0.25, -0.2) is 0 Å². The molecular formula is C13H17F3N2. The van der Waals surface area contributed by atoms with Crippen LogP contribution in [0.3, 0.4) is 0 Å². The van der Waals surface area contributed by atoms with Crippen LogP contribution in [0.5, 0.6) is 0 Å². The molecule has 2 rings (SSSR count). The van der Waals surface area contributed by atoms with Crippen LogP contribution in [0.2, 0.25) is 0 Å². The summed E-state index contributed by atoms with van der Waals surface area (Å²) in [6.45, 7) is 0. The van der Waals surface area contributed by atoms with Crippen molar-refractivity contribution in [3.8, 4) is 0 Å². The summed E-state index contributed by atoms with van der Waals surface area (Å²) in [6, 6.07) is 4.19. The van der Waals surface area contributed by atoms with Crippen LogP contribution >= 0.6 is 0 Å².